The molecule has 0 saturated carbocycles. The van der Waals surface area contributed by atoms with Crippen LogP contribution >= 0.6 is 0 Å². The normalized spacial score (nSPS) is 19.5. The lowest BCUT2D eigenvalue weighted by atomic mass is 10.1. The zero-order valence-electron chi connectivity index (χ0n) is 13.5. The number of benzene rings is 1. The summed E-state index contributed by atoms with van der Waals surface area (Å²) in [5.41, 5.74) is 2.63. The molecule has 0 spiro atoms. The molecule has 1 aromatic carbocycles. The molecule has 0 aliphatic carbocycles. The van der Waals surface area contributed by atoms with E-state index in [-0.39, 0.29) is 7.53 Å². The van der Waals surface area contributed by atoms with Crippen molar-refractivity contribution in [2.75, 3.05) is 19.7 Å². The maximum Gasteiger partial charge on any atom is 0.0977 e. The van der Waals surface area contributed by atoms with Crippen molar-refractivity contribution < 1.29 is 11.2 Å². The first-order chi connectivity index (χ1) is 10.7. The fourth-order valence-corrected chi connectivity index (χ4v) is 3.23. The number of aromatic amines is 1. The van der Waals surface area contributed by atoms with Crippen molar-refractivity contribution in [3.63, 3.8) is 0 Å². The summed E-state index contributed by atoms with van der Waals surface area (Å²) >= 11 is 0. The number of nitrogens with one attached hydrogen (secondary N) is 1. The third-order valence-electron chi connectivity index (χ3n) is 4.36. The van der Waals surface area contributed by atoms with E-state index in [4.69, 9.17) is 9.78 Å². The van der Waals surface area contributed by atoms with Gasteiger partial charge in [0.1, 0.15) is 0 Å². The first-order valence-electron chi connectivity index (χ1n) is 8.31. The van der Waals surface area contributed by atoms with E-state index in [0.29, 0.717) is 12.6 Å². The van der Waals surface area contributed by atoms with Crippen molar-refractivity contribution in [1.29, 1.82) is 0 Å². The topological polar surface area (TPSA) is 37.5 Å². The van der Waals surface area contributed by atoms with Gasteiger partial charge in [-0.05, 0) is 51.3 Å². The second-order valence-corrected chi connectivity index (χ2v) is 6.37. The number of hydrogen-bond acceptors (Lipinski definition) is 3. The molecule has 3 rings (SSSR count). The Kier molecular flexibility index (Phi) is 5.13. The van der Waals surface area contributed by atoms with Crippen molar-refractivity contribution in [2.24, 2.45) is 0 Å². The number of aromatic nitrogens is 1. The zero-order valence-corrected chi connectivity index (χ0v) is 13.5. The lowest BCUT2D eigenvalue weighted by Crippen LogP contribution is -2.35. The Balaban J connectivity index is 0.00000192. The highest BCUT2D eigenvalue weighted by Gasteiger charge is 2.24. The van der Waals surface area contributed by atoms with Gasteiger partial charge in [0.2, 0.25) is 0 Å². The molecule has 1 aromatic heterocycles. The number of nitrogens with zero attached hydrogens (tertiary/aromatic N) is 1. The van der Waals surface area contributed by atoms with Gasteiger partial charge in [0, 0.05) is 31.1 Å². The Hall–Kier alpha value is -1.36. The van der Waals surface area contributed by atoms with Gasteiger partial charge >= 0.3 is 0 Å². The lowest BCUT2D eigenvalue weighted by Gasteiger charge is -2.24. The molecule has 2 heterocycles. The van der Waals surface area contributed by atoms with E-state index in [0.717, 1.165) is 19.5 Å². The highest BCUT2D eigenvalue weighted by atomic mass is 17.2. The minimum Gasteiger partial charge on any atom is -0.361 e. The van der Waals surface area contributed by atoms with Crippen LogP contribution in [0.3, 0.4) is 0 Å². The molecule has 0 amide bonds. The van der Waals surface area contributed by atoms with Crippen LogP contribution in [0.1, 0.15) is 33.7 Å². The first-order valence-corrected chi connectivity index (χ1v) is 8.31. The standard InChI is InChI=1S/C18H26N2O2.H2/c1-14(2)22-21-13-16-6-5-10-20(16)11-9-15-12-19-18-8-4-3-7-17(15)18;/h3-4,7-8,12,14,16,19H,5-6,9-11,13H2,1-2H3;1H/t16-;/m0./s1. The fourth-order valence-electron chi connectivity index (χ4n) is 3.23. The van der Waals surface area contributed by atoms with Gasteiger partial charge in [0.25, 0.3) is 0 Å². The maximum atomic E-state index is 5.37. The summed E-state index contributed by atoms with van der Waals surface area (Å²) in [5, 5.41) is 1.35. The van der Waals surface area contributed by atoms with Gasteiger partial charge in [0.15, 0.2) is 0 Å². The highest BCUT2D eigenvalue weighted by Crippen LogP contribution is 2.21. The number of likely N-dealkylation sites (tertiary alicyclic amines) is 1. The predicted molar refractivity (Wildman–Crippen MR) is 90.9 cm³/mol. The van der Waals surface area contributed by atoms with Gasteiger partial charge in [-0.1, -0.05) is 18.2 Å². The van der Waals surface area contributed by atoms with Crippen LogP contribution in [-0.2, 0) is 16.2 Å². The van der Waals surface area contributed by atoms with E-state index in [1.54, 1.807) is 0 Å². The van der Waals surface area contributed by atoms with E-state index in [2.05, 4.69) is 40.3 Å². The number of hydrogen-bond donors (Lipinski definition) is 1. The smallest absolute Gasteiger partial charge is 0.0977 e. The van der Waals surface area contributed by atoms with Crippen molar-refractivity contribution in [2.45, 2.75) is 45.3 Å². The molecule has 4 heteroatoms. The van der Waals surface area contributed by atoms with Crippen molar-refractivity contribution in [3.05, 3.63) is 36.0 Å². The van der Waals surface area contributed by atoms with Crippen LogP contribution in [0, 0.1) is 0 Å². The SMILES string of the molecule is CC(C)OOC[C@@H]1CCCN1CCc1c[nH]c2ccccc12.[HH]. The summed E-state index contributed by atoms with van der Waals surface area (Å²) < 4.78 is 0. The summed E-state index contributed by atoms with van der Waals surface area (Å²) in [6.45, 7) is 6.90. The third kappa shape index (κ3) is 3.69. The number of para-hydroxylation sites is 1. The predicted octanol–water partition coefficient (Wildman–Crippen LogP) is 3.78. The van der Waals surface area contributed by atoms with E-state index < -0.39 is 0 Å². The second kappa shape index (κ2) is 7.27. The Bertz CT molecular complexity index is 599. The number of rotatable bonds is 7. The maximum absolute atomic E-state index is 5.37. The van der Waals surface area contributed by atoms with Crippen LogP contribution in [0.4, 0.5) is 0 Å². The molecule has 122 valence electrons. The molecule has 0 bridgehead atoms. The van der Waals surface area contributed by atoms with Crippen molar-refractivity contribution in [3.8, 4) is 0 Å². The molecule has 22 heavy (non-hydrogen) atoms. The van der Waals surface area contributed by atoms with Gasteiger partial charge in [-0.25, -0.2) is 9.78 Å². The Morgan fingerprint density at radius 3 is 3.09 bits per heavy atom. The summed E-state index contributed by atoms with van der Waals surface area (Å²) in [6, 6.07) is 9.00. The van der Waals surface area contributed by atoms with Gasteiger partial charge in [0.05, 0.1) is 12.7 Å². The summed E-state index contributed by atoms with van der Waals surface area (Å²) in [6.07, 6.45) is 5.81. The minimum absolute atomic E-state index is 0. The monoisotopic (exact) mass is 304 g/mol. The van der Waals surface area contributed by atoms with E-state index in [1.165, 1.54) is 29.3 Å². The molecular formula is C18H28N2O2. The molecule has 2 aromatic rings. The molecule has 1 N–H and O–H groups in total. The summed E-state index contributed by atoms with van der Waals surface area (Å²) in [7, 11) is 0. The number of fused-ring (bicyclic) bond motifs is 1. The number of H-pyrrole nitrogens is 1. The minimum atomic E-state index is 0. The molecule has 4 nitrogen and oxygen atoms in total. The molecule has 0 radical (unpaired) electrons. The third-order valence-corrected chi connectivity index (χ3v) is 4.36. The first kappa shape index (κ1) is 15.5. The molecule has 0 unspecified atom stereocenters. The van der Waals surface area contributed by atoms with Gasteiger partial charge in [-0.2, -0.15) is 0 Å². The van der Waals surface area contributed by atoms with Gasteiger partial charge < -0.3 is 4.98 Å². The molecule has 1 saturated heterocycles. The molecule has 1 atom stereocenters. The average Bonchev–Trinajstić information content (AvgIpc) is 3.11. The largest absolute Gasteiger partial charge is 0.361 e. The Morgan fingerprint density at radius 2 is 2.23 bits per heavy atom. The van der Waals surface area contributed by atoms with Crippen LogP contribution in [-0.4, -0.2) is 41.7 Å². The van der Waals surface area contributed by atoms with Crippen LogP contribution in [0.25, 0.3) is 10.9 Å². The second-order valence-electron chi connectivity index (χ2n) is 6.37. The Labute approximate surface area is 133 Å². The summed E-state index contributed by atoms with van der Waals surface area (Å²) in [4.78, 5) is 16.5. The van der Waals surface area contributed by atoms with Crippen LogP contribution in [0.15, 0.2) is 30.5 Å². The zero-order chi connectivity index (χ0) is 15.4. The quantitative estimate of drug-likeness (QED) is 0.625. The van der Waals surface area contributed by atoms with Crippen LogP contribution < -0.4 is 0 Å². The Morgan fingerprint density at radius 1 is 1.36 bits per heavy atom. The van der Waals surface area contributed by atoms with E-state index in [9.17, 15) is 0 Å². The lowest BCUT2D eigenvalue weighted by molar-refractivity contribution is -0.322. The van der Waals surface area contributed by atoms with Gasteiger partial charge in [-0.3, -0.25) is 4.90 Å². The summed E-state index contributed by atoms with van der Waals surface area (Å²) in [5.74, 6) is 0. The fraction of sp³-hybridized carbons (Fsp3) is 0.556. The van der Waals surface area contributed by atoms with Gasteiger partial charge in [-0.15, -0.1) is 0 Å². The molecule has 1 fully saturated rings. The van der Waals surface area contributed by atoms with E-state index >= 15 is 0 Å². The molecular weight excluding hydrogens is 276 g/mol. The molecule has 1 aliphatic rings. The highest BCUT2D eigenvalue weighted by molar-refractivity contribution is 5.83. The van der Waals surface area contributed by atoms with Crippen molar-refractivity contribution in [1.82, 2.24) is 9.88 Å². The van der Waals surface area contributed by atoms with Crippen LogP contribution in [0.5, 0.6) is 0 Å². The van der Waals surface area contributed by atoms with Crippen molar-refractivity contribution >= 4 is 10.9 Å². The van der Waals surface area contributed by atoms with Crippen LogP contribution in [0.2, 0.25) is 0 Å². The van der Waals surface area contributed by atoms with E-state index in [1.807, 2.05) is 13.8 Å². The average molecular weight is 304 g/mol. The molecule has 1 aliphatic heterocycles.